The number of hydrogen-bond acceptors (Lipinski definition) is 3. The van der Waals surface area contributed by atoms with Gasteiger partial charge in [0.25, 0.3) is 5.91 Å². The van der Waals surface area contributed by atoms with Gasteiger partial charge in [-0.1, -0.05) is 6.08 Å². The van der Waals surface area contributed by atoms with Crippen LogP contribution < -0.4 is 10.6 Å². The molecule has 2 fully saturated rings. The Kier molecular flexibility index (Phi) is 3.49. The van der Waals surface area contributed by atoms with Gasteiger partial charge in [0.1, 0.15) is 5.70 Å². The zero-order valence-electron chi connectivity index (χ0n) is 12.7. The molecule has 2 N–H and O–H groups in total. The number of piperidine rings is 1. The van der Waals surface area contributed by atoms with Crippen molar-refractivity contribution in [3.63, 3.8) is 0 Å². The van der Waals surface area contributed by atoms with Crippen LogP contribution in [0.1, 0.15) is 44.9 Å². The van der Waals surface area contributed by atoms with E-state index in [0.29, 0.717) is 12.0 Å². The molecule has 2 saturated heterocycles. The van der Waals surface area contributed by atoms with E-state index in [1.807, 2.05) is 0 Å². The summed E-state index contributed by atoms with van der Waals surface area (Å²) in [5, 5.41) is 7.01. The number of carbonyl (C=O) groups is 1. The zero-order chi connectivity index (χ0) is 14.2. The summed E-state index contributed by atoms with van der Waals surface area (Å²) in [5.74, 6) is 0.875. The standard InChI is InChI=1S/C17H25N3O/c21-17(20-10-13-5-3-9-18-16(13)11-20)15-8-7-12-4-1-2-6-14(12)19-15/h8,13,16,18-19H,1-7,9-11H2. The molecule has 4 heteroatoms. The van der Waals surface area contributed by atoms with Crippen LogP contribution in [0.3, 0.4) is 0 Å². The second kappa shape index (κ2) is 5.48. The lowest BCUT2D eigenvalue weighted by Crippen LogP contribution is -2.41. The first-order chi connectivity index (χ1) is 10.3. The van der Waals surface area contributed by atoms with E-state index in [4.69, 9.17) is 0 Å². The van der Waals surface area contributed by atoms with Gasteiger partial charge in [-0.15, -0.1) is 0 Å². The fourth-order valence-electron chi connectivity index (χ4n) is 4.31. The SMILES string of the molecule is O=C(C1=CCC2=C(CCCC2)N1)N1CC2CCCNC2C1. The minimum absolute atomic E-state index is 0.211. The number of carbonyl (C=O) groups excluding carboxylic acids is 1. The van der Waals surface area contributed by atoms with Crippen molar-refractivity contribution in [1.82, 2.24) is 15.5 Å². The third-order valence-corrected chi connectivity index (χ3v) is 5.54. The lowest BCUT2D eigenvalue weighted by Gasteiger charge is -2.28. The van der Waals surface area contributed by atoms with E-state index in [0.717, 1.165) is 38.2 Å². The molecule has 2 unspecified atom stereocenters. The maximum absolute atomic E-state index is 12.8. The summed E-state index contributed by atoms with van der Waals surface area (Å²) in [4.78, 5) is 14.8. The van der Waals surface area contributed by atoms with E-state index in [1.165, 1.54) is 43.4 Å². The number of fused-ring (bicyclic) bond motifs is 1. The maximum Gasteiger partial charge on any atom is 0.270 e. The molecule has 114 valence electrons. The highest BCUT2D eigenvalue weighted by molar-refractivity contribution is 5.93. The Balaban J connectivity index is 1.43. The highest BCUT2D eigenvalue weighted by Gasteiger charge is 2.37. The van der Waals surface area contributed by atoms with Gasteiger partial charge in [0.05, 0.1) is 0 Å². The van der Waals surface area contributed by atoms with Gasteiger partial charge in [0.2, 0.25) is 0 Å². The highest BCUT2D eigenvalue weighted by atomic mass is 16.2. The highest BCUT2D eigenvalue weighted by Crippen LogP contribution is 2.31. The van der Waals surface area contributed by atoms with Crippen LogP contribution >= 0.6 is 0 Å². The molecular formula is C17H25N3O. The predicted octanol–water partition coefficient (Wildman–Crippen LogP) is 1.90. The molecule has 2 atom stereocenters. The first-order valence-corrected chi connectivity index (χ1v) is 8.52. The quantitative estimate of drug-likeness (QED) is 0.774. The van der Waals surface area contributed by atoms with Crippen molar-refractivity contribution >= 4 is 5.91 Å². The smallest absolute Gasteiger partial charge is 0.270 e. The number of amides is 1. The lowest BCUT2D eigenvalue weighted by molar-refractivity contribution is -0.126. The fourth-order valence-corrected chi connectivity index (χ4v) is 4.31. The molecule has 3 aliphatic heterocycles. The van der Waals surface area contributed by atoms with Gasteiger partial charge in [0.15, 0.2) is 0 Å². The number of likely N-dealkylation sites (tertiary alicyclic amines) is 1. The summed E-state index contributed by atoms with van der Waals surface area (Å²) in [7, 11) is 0. The molecule has 0 spiro atoms. The first-order valence-electron chi connectivity index (χ1n) is 8.52. The van der Waals surface area contributed by atoms with Crippen molar-refractivity contribution < 1.29 is 4.79 Å². The summed E-state index contributed by atoms with van der Waals surface area (Å²) in [5.41, 5.74) is 3.69. The molecule has 0 aromatic rings. The second-order valence-corrected chi connectivity index (χ2v) is 6.91. The van der Waals surface area contributed by atoms with Gasteiger partial charge in [-0.2, -0.15) is 0 Å². The lowest BCUT2D eigenvalue weighted by atomic mass is 9.91. The van der Waals surface area contributed by atoms with Crippen LogP contribution in [0.4, 0.5) is 0 Å². The molecule has 0 radical (unpaired) electrons. The molecule has 3 heterocycles. The Morgan fingerprint density at radius 1 is 1.19 bits per heavy atom. The van der Waals surface area contributed by atoms with Crippen LogP contribution in [0.25, 0.3) is 0 Å². The van der Waals surface area contributed by atoms with Gasteiger partial charge < -0.3 is 15.5 Å². The average molecular weight is 287 g/mol. The molecule has 0 aromatic carbocycles. The topological polar surface area (TPSA) is 44.4 Å². The molecule has 0 saturated carbocycles. The normalized spacial score (nSPS) is 32.2. The van der Waals surface area contributed by atoms with Crippen molar-refractivity contribution in [3.05, 3.63) is 23.0 Å². The summed E-state index contributed by atoms with van der Waals surface area (Å²) in [6, 6.07) is 0.524. The Bertz CT molecular complexity index is 494. The number of allylic oxidation sites excluding steroid dienone is 3. The largest absolute Gasteiger partial charge is 0.355 e. The number of nitrogens with zero attached hydrogens (tertiary/aromatic N) is 1. The molecule has 4 nitrogen and oxygen atoms in total. The van der Waals surface area contributed by atoms with Gasteiger partial charge in [-0.05, 0) is 63.0 Å². The van der Waals surface area contributed by atoms with E-state index in [-0.39, 0.29) is 5.91 Å². The second-order valence-electron chi connectivity index (χ2n) is 6.91. The molecule has 21 heavy (non-hydrogen) atoms. The summed E-state index contributed by atoms with van der Waals surface area (Å²) < 4.78 is 0. The minimum atomic E-state index is 0.211. The van der Waals surface area contributed by atoms with Crippen molar-refractivity contribution in [2.75, 3.05) is 19.6 Å². The number of rotatable bonds is 1. The molecule has 4 aliphatic rings. The monoisotopic (exact) mass is 287 g/mol. The van der Waals surface area contributed by atoms with Crippen LogP contribution in [0.5, 0.6) is 0 Å². The molecular weight excluding hydrogens is 262 g/mol. The van der Waals surface area contributed by atoms with Crippen LogP contribution in [0, 0.1) is 5.92 Å². The van der Waals surface area contributed by atoms with Gasteiger partial charge >= 0.3 is 0 Å². The van der Waals surface area contributed by atoms with E-state index in [9.17, 15) is 4.79 Å². The Labute approximate surface area is 126 Å². The third kappa shape index (κ3) is 2.50. The maximum atomic E-state index is 12.8. The number of hydrogen-bond donors (Lipinski definition) is 2. The van der Waals surface area contributed by atoms with Crippen molar-refractivity contribution in [1.29, 1.82) is 0 Å². The van der Waals surface area contributed by atoms with E-state index in [2.05, 4.69) is 21.6 Å². The number of nitrogens with one attached hydrogen (secondary N) is 2. The van der Waals surface area contributed by atoms with Gasteiger partial charge in [-0.25, -0.2) is 0 Å². The third-order valence-electron chi connectivity index (χ3n) is 5.54. The van der Waals surface area contributed by atoms with Crippen LogP contribution in [-0.4, -0.2) is 36.5 Å². The van der Waals surface area contributed by atoms with Crippen LogP contribution in [0.2, 0.25) is 0 Å². The molecule has 1 aliphatic carbocycles. The first kappa shape index (κ1) is 13.4. The van der Waals surface area contributed by atoms with E-state index in [1.54, 1.807) is 0 Å². The van der Waals surface area contributed by atoms with Gasteiger partial charge in [-0.3, -0.25) is 4.79 Å². The zero-order valence-corrected chi connectivity index (χ0v) is 12.7. The Morgan fingerprint density at radius 2 is 2.10 bits per heavy atom. The fraction of sp³-hybridized carbons (Fsp3) is 0.706. The van der Waals surface area contributed by atoms with Crippen LogP contribution in [-0.2, 0) is 4.79 Å². The van der Waals surface area contributed by atoms with Crippen molar-refractivity contribution in [2.45, 2.75) is 51.0 Å². The summed E-state index contributed by atoms with van der Waals surface area (Å²) in [6.45, 7) is 2.93. The van der Waals surface area contributed by atoms with Crippen LogP contribution in [0.15, 0.2) is 23.0 Å². The van der Waals surface area contributed by atoms with E-state index >= 15 is 0 Å². The van der Waals surface area contributed by atoms with E-state index < -0.39 is 0 Å². The number of dihydropyridines is 1. The summed E-state index contributed by atoms with van der Waals surface area (Å²) >= 11 is 0. The van der Waals surface area contributed by atoms with Crippen molar-refractivity contribution in [3.8, 4) is 0 Å². The van der Waals surface area contributed by atoms with Gasteiger partial charge in [0, 0.05) is 24.8 Å². The Morgan fingerprint density at radius 3 is 3.00 bits per heavy atom. The molecule has 0 bridgehead atoms. The summed E-state index contributed by atoms with van der Waals surface area (Å²) in [6.07, 6.45) is 10.5. The van der Waals surface area contributed by atoms with Crippen molar-refractivity contribution in [2.24, 2.45) is 5.92 Å². The average Bonchev–Trinajstić information content (AvgIpc) is 2.97. The molecule has 4 rings (SSSR count). The minimum Gasteiger partial charge on any atom is -0.355 e. The molecule has 1 amide bonds. The predicted molar refractivity (Wildman–Crippen MR) is 82.4 cm³/mol. The molecule has 0 aromatic heterocycles. The Hall–Kier alpha value is -1.29.